The molecule has 1 fully saturated rings. The number of thiocarbonyl (C=S) groups is 1. The van der Waals surface area contributed by atoms with Crippen molar-refractivity contribution in [1.82, 2.24) is 15.2 Å². The van der Waals surface area contributed by atoms with Crippen LogP contribution in [0.15, 0.2) is 35.8 Å². The van der Waals surface area contributed by atoms with Crippen LogP contribution < -0.4 is 5.32 Å². The third kappa shape index (κ3) is 2.56. The quantitative estimate of drug-likeness (QED) is 0.871. The normalized spacial score (nSPS) is 21.9. The van der Waals surface area contributed by atoms with E-state index in [0.29, 0.717) is 6.04 Å². The minimum atomic E-state index is 0.110. The monoisotopic (exact) mass is 317 g/mol. The van der Waals surface area contributed by atoms with Crippen LogP contribution in [0.2, 0.25) is 0 Å². The summed E-state index contributed by atoms with van der Waals surface area (Å²) in [5, 5.41) is 6.44. The van der Waals surface area contributed by atoms with E-state index in [4.69, 9.17) is 12.2 Å². The Kier molecular flexibility index (Phi) is 3.95. The van der Waals surface area contributed by atoms with Gasteiger partial charge in [-0.1, -0.05) is 6.07 Å². The molecule has 2 atom stereocenters. The predicted octanol–water partition coefficient (Wildman–Crippen LogP) is 3.83. The lowest BCUT2D eigenvalue weighted by molar-refractivity contribution is 0.272. The molecule has 1 N–H and O–H groups in total. The van der Waals surface area contributed by atoms with Gasteiger partial charge in [0.15, 0.2) is 5.11 Å². The fourth-order valence-corrected chi connectivity index (χ4v) is 4.40. The lowest BCUT2D eigenvalue weighted by Crippen LogP contribution is -2.35. The highest BCUT2D eigenvalue weighted by atomic mass is 32.1. The van der Waals surface area contributed by atoms with Crippen LogP contribution in [0.4, 0.5) is 0 Å². The number of hydrogen-bond donors (Lipinski definition) is 1. The fourth-order valence-electron chi connectivity index (χ4n) is 2.89. The molecule has 110 valence electrons. The summed E-state index contributed by atoms with van der Waals surface area (Å²) >= 11 is 7.38. The average molecular weight is 317 g/mol. The van der Waals surface area contributed by atoms with E-state index in [9.17, 15) is 0 Å². The smallest absolute Gasteiger partial charge is 0.170 e. The molecule has 1 aliphatic rings. The fraction of sp³-hybridized carbons (Fsp3) is 0.375. The van der Waals surface area contributed by atoms with E-state index in [2.05, 4.69) is 53.5 Å². The standard InChI is InChI=1S/C16H19N3S2/c1-10(2)19-14(15-11(3)7-9-21-15)13(18-16(19)20)12-6-4-5-8-17-12/h4-10,13-14H,1-3H3,(H,18,20)/t13-,14-/m0/s1. The molecule has 0 saturated carbocycles. The van der Waals surface area contributed by atoms with Crippen LogP contribution >= 0.6 is 23.6 Å². The van der Waals surface area contributed by atoms with Crippen LogP contribution in [0.25, 0.3) is 0 Å². The van der Waals surface area contributed by atoms with Crippen molar-refractivity contribution in [3.05, 3.63) is 52.0 Å². The van der Waals surface area contributed by atoms with Gasteiger partial charge in [0, 0.05) is 17.1 Å². The van der Waals surface area contributed by atoms with Crippen molar-refractivity contribution in [1.29, 1.82) is 0 Å². The van der Waals surface area contributed by atoms with Crippen LogP contribution in [-0.4, -0.2) is 21.0 Å². The zero-order valence-corrected chi connectivity index (χ0v) is 14.0. The molecule has 0 bridgehead atoms. The Balaban J connectivity index is 2.07. The molecular weight excluding hydrogens is 298 g/mol. The third-order valence-corrected chi connectivity index (χ3v) is 5.28. The molecule has 21 heavy (non-hydrogen) atoms. The molecule has 3 nitrogen and oxygen atoms in total. The van der Waals surface area contributed by atoms with Crippen LogP contribution in [0.3, 0.4) is 0 Å². The van der Waals surface area contributed by atoms with E-state index in [-0.39, 0.29) is 12.1 Å². The predicted molar refractivity (Wildman–Crippen MR) is 91.5 cm³/mol. The van der Waals surface area contributed by atoms with Crippen molar-refractivity contribution in [3.63, 3.8) is 0 Å². The Labute approximate surface area is 135 Å². The number of nitrogens with zero attached hydrogens (tertiary/aromatic N) is 2. The number of nitrogens with one attached hydrogen (secondary N) is 1. The molecule has 0 aromatic carbocycles. The molecule has 0 aliphatic carbocycles. The summed E-state index contributed by atoms with van der Waals surface area (Å²) in [5.74, 6) is 0. The van der Waals surface area contributed by atoms with Crippen molar-refractivity contribution < 1.29 is 0 Å². The van der Waals surface area contributed by atoms with Crippen molar-refractivity contribution in [2.24, 2.45) is 0 Å². The maximum Gasteiger partial charge on any atom is 0.170 e. The molecule has 1 saturated heterocycles. The number of hydrogen-bond acceptors (Lipinski definition) is 3. The van der Waals surface area contributed by atoms with Crippen LogP contribution in [0.1, 0.15) is 42.1 Å². The topological polar surface area (TPSA) is 28.2 Å². The van der Waals surface area contributed by atoms with Gasteiger partial charge >= 0.3 is 0 Å². The van der Waals surface area contributed by atoms with Gasteiger partial charge in [0.25, 0.3) is 0 Å². The Hall–Kier alpha value is -1.46. The van der Waals surface area contributed by atoms with Crippen LogP contribution in [0.5, 0.6) is 0 Å². The van der Waals surface area contributed by atoms with Gasteiger partial charge in [-0.05, 0) is 62.1 Å². The SMILES string of the molecule is Cc1ccsc1[C@@H]1[C@H](c2ccccn2)NC(=S)N1C(C)C. The Morgan fingerprint density at radius 3 is 2.71 bits per heavy atom. The van der Waals surface area contributed by atoms with Crippen molar-refractivity contribution >= 4 is 28.7 Å². The minimum absolute atomic E-state index is 0.110. The van der Waals surface area contributed by atoms with E-state index in [0.717, 1.165) is 10.8 Å². The maximum absolute atomic E-state index is 5.58. The first-order chi connectivity index (χ1) is 10.1. The molecule has 0 radical (unpaired) electrons. The Morgan fingerprint density at radius 2 is 2.14 bits per heavy atom. The number of pyridine rings is 1. The molecule has 3 rings (SSSR count). The van der Waals surface area contributed by atoms with Gasteiger partial charge in [0.05, 0.1) is 17.8 Å². The van der Waals surface area contributed by atoms with Crippen molar-refractivity contribution in [2.75, 3.05) is 0 Å². The maximum atomic E-state index is 5.58. The second kappa shape index (κ2) is 5.73. The molecular formula is C16H19N3S2. The lowest BCUT2D eigenvalue weighted by atomic mass is 10.00. The zero-order valence-electron chi connectivity index (χ0n) is 12.4. The van der Waals surface area contributed by atoms with Crippen molar-refractivity contribution in [2.45, 2.75) is 38.9 Å². The Morgan fingerprint density at radius 1 is 1.33 bits per heavy atom. The molecule has 5 heteroatoms. The van der Waals surface area contributed by atoms with E-state index in [1.807, 2.05) is 18.3 Å². The summed E-state index contributed by atoms with van der Waals surface area (Å²) in [6.45, 7) is 6.54. The van der Waals surface area contributed by atoms with E-state index < -0.39 is 0 Å². The molecule has 2 aromatic heterocycles. The van der Waals surface area contributed by atoms with Gasteiger partial charge in [0.1, 0.15) is 0 Å². The third-order valence-electron chi connectivity index (χ3n) is 3.86. The summed E-state index contributed by atoms with van der Waals surface area (Å²) in [6, 6.07) is 8.90. The summed E-state index contributed by atoms with van der Waals surface area (Å²) < 4.78 is 0. The number of thiophene rings is 1. The number of aromatic nitrogens is 1. The zero-order chi connectivity index (χ0) is 15.0. The summed E-state index contributed by atoms with van der Waals surface area (Å²) in [4.78, 5) is 8.20. The van der Waals surface area contributed by atoms with E-state index in [1.54, 1.807) is 11.3 Å². The summed E-state index contributed by atoms with van der Waals surface area (Å²) in [7, 11) is 0. The Bertz CT molecular complexity index is 636. The van der Waals surface area contributed by atoms with Gasteiger partial charge in [-0.25, -0.2) is 0 Å². The average Bonchev–Trinajstić information content (AvgIpc) is 3.02. The van der Waals surface area contributed by atoms with E-state index in [1.165, 1.54) is 10.4 Å². The second-order valence-electron chi connectivity index (χ2n) is 5.60. The first-order valence-electron chi connectivity index (χ1n) is 7.13. The highest BCUT2D eigenvalue weighted by molar-refractivity contribution is 7.80. The first kappa shape index (κ1) is 14.5. The van der Waals surface area contributed by atoms with Gasteiger partial charge < -0.3 is 10.2 Å². The number of rotatable bonds is 3. The van der Waals surface area contributed by atoms with Gasteiger partial charge in [-0.15, -0.1) is 11.3 Å². The highest BCUT2D eigenvalue weighted by Gasteiger charge is 2.41. The molecule has 0 unspecified atom stereocenters. The minimum Gasteiger partial charge on any atom is -0.352 e. The lowest BCUT2D eigenvalue weighted by Gasteiger charge is -2.30. The van der Waals surface area contributed by atoms with Crippen LogP contribution in [0, 0.1) is 6.92 Å². The van der Waals surface area contributed by atoms with E-state index >= 15 is 0 Å². The second-order valence-corrected chi connectivity index (χ2v) is 6.93. The number of aryl methyl sites for hydroxylation is 1. The van der Waals surface area contributed by atoms with Crippen molar-refractivity contribution in [3.8, 4) is 0 Å². The molecule has 1 aliphatic heterocycles. The highest BCUT2D eigenvalue weighted by Crippen LogP contribution is 2.42. The van der Waals surface area contributed by atoms with Crippen LogP contribution in [-0.2, 0) is 0 Å². The first-order valence-corrected chi connectivity index (χ1v) is 8.42. The summed E-state index contributed by atoms with van der Waals surface area (Å²) in [5.41, 5.74) is 2.36. The largest absolute Gasteiger partial charge is 0.352 e. The molecule has 2 aromatic rings. The molecule has 0 spiro atoms. The van der Waals surface area contributed by atoms with Gasteiger partial charge in [0.2, 0.25) is 0 Å². The summed E-state index contributed by atoms with van der Waals surface area (Å²) in [6.07, 6.45) is 1.84. The van der Waals surface area contributed by atoms with Gasteiger partial charge in [-0.2, -0.15) is 0 Å². The molecule has 3 heterocycles. The molecule has 0 amide bonds. The van der Waals surface area contributed by atoms with Gasteiger partial charge in [-0.3, -0.25) is 4.98 Å².